The van der Waals surface area contributed by atoms with E-state index < -0.39 is 23.8 Å². The maximum atomic E-state index is 12.8. The first-order valence-corrected chi connectivity index (χ1v) is 10.2. The third kappa shape index (κ3) is 3.77. The van der Waals surface area contributed by atoms with Gasteiger partial charge in [0.05, 0.1) is 12.2 Å². The number of nitrogens with one attached hydrogen (secondary N) is 1. The minimum atomic E-state index is -1.17. The molecule has 7 heteroatoms. The van der Waals surface area contributed by atoms with E-state index in [1.54, 1.807) is 0 Å². The molecule has 0 unspecified atom stereocenters. The number of carboxylic acids is 1. The number of amides is 1. The van der Waals surface area contributed by atoms with Crippen molar-refractivity contribution in [2.45, 2.75) is 58.3 Å². The Bertz CT molecular complexity index is 711. The van der Waals surface area contributed by atoms with E-state index in [1.165, 1.54) is 11.3 Å². The Morgan fingerprint density at radius 1 is 1.15 bits per heavy atom. The van der Waals surface area contributed by atoms with Crippen molar-refractivity contribution in [3.05, 3.63) is 16.0 Å². The fraction of sp³-hybridized carbons (Fsp3) is 0.632. The van der Waals surface area contributed by atoms with Gasteiger partial charge >= 0.3 is 5.97 Å². The summed E-state index contributed by atoms with van der Waals surface area (Å²) < 4.78 is 5.30. The summed E-state index contributed by atoms with van der Waals surface area (Å²) in [5, 5.41) is 14.7. The second-order valence-electron chi connectivity index (χ2n) is 7.00. The minimum absolute atomic E-state index is 0.330. The standard InChI is InChI=1S/C19H25NO5S/c1-2-10-25-19(24)15-13-8-5-9-14(13)26-17(15)20-16(21)11-6-3-4-7-12(11)18(22)23/h11-12H,2-10H2,1H3,(H,20,21)(H,22,23)/p-1/t11-,12-/m0/s1. The summed E-state index contributed by atoms with van der Waals surface area (Å²) in [4.78, 5) is 37.7. The number of rotatable bonds is 6. The Morgan fingerprint density at radius 2 is 1.88 bits per heavy atom. The zero-order valence-corrected chi connectivity index (χ0v) is 15.8. The van der Waals surface area contributed by atoms with Crippen LogP contribution in [0, 0.1) is 11.8 Å². The molecule has 1 aromatic heterocycles. The molecule has 1 saturated carbocycles. The topological polar surface area (TPSA) is 95.5 Å². The third-order valence-corrected chi connectivity index (χ3v) is 6.41. The third-order valence-electron chi connectivity index (χ3n) is 5.20. The first kappa shape index (κ1) is 18.9. The number of esters is 1. The summed E-state index contributed by atoms with van der Waals surface area (Å²) in [5.74, 6) is -3.26. The molecule has 2 atom stereocenters. The predicted molar refractivity (Wildman–Crippen MR) is 96.0 cm³/mol. The molecule has 2 aliphatic carbocycles. The second-order valence-corrected chi connectivity index (χ2v) is 8.11. The lowest BCUT2D eigenvalue weighted by Gasteiger charge is -2.31. The molecule has 142 valence electrons. The van der Waals surface area contributed by atoms with Crippen molar-refractivity contribution in [2.75, 3.05) is 11.9 Å². The summed E-state index contributed by atoms with van der Waals surface area (Å²) in [6.45, 7) is 2.27. The maximum Gasteiger partial charge on any atom is 0.341 e. The monoisotopic (exact) mass is 378 g/mol. The quantitative estimate of drug-likeness (QED) is 0.766. The van der Waals surface area contributed by atoms with E-state index >= 15 is 0 Å². The van der Waals surface area contributed by atoms with E-state index in [4.69, 9.17) is 4.74 Å². The summed E-state index contributed by atoms with van der Waals surface area (Å²) in [6.07, 6.45) is 6.06. The average molecular weight is 378 g/mol. The van der Waals surface area contributed by atoms with Crippen LogP contribution in [0.2, 0.25) is 0 Å². The van der Waals surface area contributed by atoms with Gasteiger partial charge in [0.1, 0.15) is 5.00 Å². The number of carbonyl (C=O) groups is 3. The number of fused-ring (bicyclic) bond motifs is 1. The Labute approximate surface area is 156 Å². The highest BCUT2D eigenvalue weighted by molar-refractivity contribution is 7.17. The molecule has 0 aliphatic heterocycles. The number of aryl methyl sites for hydroxylation is 1. The molecule has 1 aromatic rings. The van der Waals surface area contributed by atoms with Gasteiger partial charge in [-0.1, -0.05) is 19.8 Å². The van der Waals surface area contributed by atoms with E-state index in [1.807, 2.05) is 6.92 Å². The largest absolute Gasteiger partial charge is 0.550 e. The molecule has 0 bridgehead atoms. The van der Waals surface area contributed by atoms with Gasteiger partial charge in [0.2, 0.25) is 5.91 Å². The van der Waals surface area contributed by atoms with Gasteiger partial charge in [0.25, 0.3) is 0 Å². The molecule has 6 nitrogen and oxygen atoms in total. The summed E-state index contributed by atoms with van der Waals surface area (Å²) >= 11 is 1.42. The lowest BCUT2D eigenvalue weighted by atomic mass is 9.79. The van der Waals surface area contributed by atoms with Crippen molar-refractivity contribution in [3.8, 4) is 0 Å². The maximum absolute atomic E-state index is 12.8. The second kappa shape index (κ2) is 8.20. The number of ether oxygens (including phenoxy) is 1. The van der Waals surface area contributed by atoms with Gasteiger partial charge < -0.3 is 20.0 Å². The molecule has 0 radical (unpaired) electrons. The van der Waals surface area contributed by atoms with Crippen LogP contribution in [0.1, 0.15) is 66.2 Å². The van der Waals surface area contributed by atoms with E-state index in [2.05, 4.69) is 5.32 Å². The Balaban J connectivity index is 1.82. The lowest BCUT2D eigenvalue weighted by Crippen LogP contribution is -2.42. The highest BCUT2D eigenvalue weighted by Crippen LogP contribution is 2.40. The number of thiophene rings is 1. The van der Waals surface area contributed by atoms with Crippen molar-refractivity contribution in [2.24, 2.45) is 11.8 Å². The number of hydrogen-bond acceptors (Lipinski definition) is 6. The van der Waals surface area contributed by atoms with Crippen LogP contribution >= 0.6 is 11.3 Å². The first-order valence-electron chi connectivity index (χ1n) is 9.36. The van der Waals surface area contributed by atoms with Crippen LogP contribution in [0.15, 0.2) is 0 Å². The predicted octanol–water partition coefficient (Wildman–Crippen LogP) is 2.30. The normalized spacial score (nSPS) is 21.9. The van der Waals surface area contributed by atoms with Gasteiger partial charge in [-0.3, -0.25) is 4.79 Å². The molecule has 26 heavy (non-hydrogen) atoms. The molecular weight excluding hydrogens is 354 g/mol. The Kier molecular flexibility index (Phi) is 5.96. The molecule has 0 spiro atoms. The van der Waals surface area contributed by atoms with Crippen LogP contribution in [0.4, 0.5) is 5.00 Å². The van der Waals surface area contributed by atoms with Crippen molar-refractivity contribution >= 4 is 34.2 Å². The zero-order chi connectivity index (χ0) is 18.7. The van der Waals surface area contributed by atoms with E-state index in [0.29, 0.717) is 30.0 Å². The Hall–Kier alpha value is -1.89. The number of carbonyl (C=O) groups excluding carboxylic acids is 3. The summed E-state index contributed by atoms with van der Waals surface area (Å²) in [6, 6.07) is 0. The van der Waals surface area contributed by atoms with Gasteiger partial charge in [-0.2, -0.15) is 0 Å². The molecule has 1 amide bonds. The van der Waals surface area contributed by atoms with Crippen molar-refractivity contribution in [1.29, 1.82) is 0 Å². The summed E-state index contributed by atoms with van der Waals surface area (Å²) in [5.41, 5.74) is 1.44. The van der Waals surface area contributed by atoms with Crippen LogP contribution in [0.5, 0.6) is 0 Å². The molecule has 0 aromatic carbocycles. The SMILES string of the molecule is CCCOC(=O)c1c(NC(=O)[C@H]2CCCC[C@@H]2C(=O)[O-])sc2c1CCC2. The van der Waals surface area contributed by atoms with Gasteiger partial charge in [0, 0.05) is 22.7 Å². The number of carboxylic acid groups (broad SMARTS) is 1. The highest BCUT2D eigenvalue weighted by Gasteiger charge is 2.34. The van der Waals surface area contributed by atoms with Gasteiger partial charge in [0.15, 0.2) is 0 Å². The van der Waals surface area contributed by atoms with Crippen molar-refractivity contribution < 1.29 is 24.2 Å². The number of anilines is 1. The lowest BCUT2D eigenvalue weighted by molar-refractivity contribution is -0.313. The van der Waals surface area contributed by atoms with Crippen molar-refractivity contribution in [3.63, 3.8) is 0 Å². The van der Waals surface area contributed by atoms with Crippen LogP contribution in [-0.4, -0.2) is 24.5 Å². The van der Waals surface area contributed by atoms with Crippen LogP contribution in [-0.2, 0) is 27.2 Å². The minimum Gasteiger partial charge on any atom is -0.550 e. The van der Waals surface area contributed by atoms with Gasteiger partial charge in [-0.15, -0.1) is 11.3 Å². The molecule has 3 rings (SSSR count). The molecular formula is C19H24NO5S-. The smallest absolute Gasteiger partial charge is 0.341 e. The Morgan fingerprint density at radius 3 is 2.58 bits per heavy atom. The van der Waals surface area contributed by atoms with Crippen LogP contribution < -0.4 is 10.4 Å². The van der Waals surface area contributed by atoms with E-state index in [0.717, 1.165) is 49.0 Å². The first-order chi connectivity index (χ1) is 12.5. The molecule has 0 saturated heterocycles. The van der Waals surface area contributed by atoms with Gasteiger partial charge in [-0.05, 0) is 44.1 Å². The van der Waals surface area contributed by atoms with E-state index in [9.17, 15) is 19.5 Å². The van der Waals surface area contributed by atoms with Crippen LogP contribution in [0.3, 0.4) is 0 Å². The molecule has 2 aliphatic rings. The highest BCUT2D eigenvalue weighted by atomic mass is 32.1. The molecule has 1 N–H and O–H groups in total. The van der Waals surface area contributed by atoms with Gasteiger partial charge in [-0.25, -0.2) is 4.79 Å². The fourth-order valence-corrected chi connectivity index (χ4v) is 5.19. The van der Waals surface area contributed by atoms with Crippen molar-refractivity contribution in [1.82, 2.24) is 0 Å². The molecule has 1 fully saturated rings. The number of hydrogen-bond donors (Lipinski definition) is 1. The zero-order valence-electron chi connectivity index (χ0n) is 15.0. The average Bonchev–Trinajstić information content (AvgIpc) is 3.20. The fourth-order valence-electron chi connectivity index (χ4n) is 3.91. The van der Waals surface area contributed by atoms with E-state index in [-0.39, 0.29) is 5.91 Å². The molecule has 1 heterocycles. The number of aliphatic carboxylic acids is 1. The van der Waals surface area contributed by atoms with Crippen LogP contribution in [0.25, 0.3) is 0 Å². The summed E-state index contributed by atoms with van der Waals surface area (Å²) in [7, 11) is 0.